The van der Waals surface area contributed by atoms with Crippen molar-refractivity contribution >= 4 is 40.6 Å². The number of carbonyl (C=O) groups is 3. The number of hydrogen-bond acceptors (Lipinski definition) is 5. The van der Waals surface area contributed by atoms with Gasteiger partial charge in [0.2, 0.25) is 5.91 Å². The standard InChI is InChI=1S/C21H20N2O4S/c1-13-7-8-16(9-14(13)2)22-19(24)12-23-20(25)18(28-21(23)26)11-15-5-4-6-17(10-15)27-3/h4-11H,12H2,1-3H3,(H,22,24)/b18-11+. The summed E-state index contributed by atoms with van der Waals surface area (Å²) in [6, 6.07) is 12.7. The molecule has 144 valence electrons. The maximum Gasteiger partial charge on any atom is 0.294 e. The second-order valence-corrected chi connectivity index (χ2v) is 7.38. The zero-order valence-corrected chi connectivity index (χ0v) is 16.6. The molecular formula is C21H20N2O4S. The lowest BCUT2D eigenvalue weighted by atomic mass is 10.1. The molecule has 3 amide bonds. The number of carbonyl (C=O) groups excluding carboxylic acids is 3. The van der Waals surface area contributed by atoms with Gasteiger partial charge < -0.3 is 10.1 Å². The molecule has 0 bridgehead atoms. The quantitative estimate of drug-likeness (QED) is 0.774. The number of rotatable bonds is 5. The van der Waals surface area contributed by atoms with Gasteiger partial charge in [-0.3, -0.25) is 19.3 Å². The van der Waals surface area contributed by atoms with Crippen LogP contribution in [0.25, 0.3) is 6.08 Å². The van der Waals surface area contributed by atoms with Crippen LogP contribution >= 0.6 is 11.8 Å². The predicted molar refractivity (Wildman–Crippen MR) is 110 cm³/mol. The van der Waals surface area contributed by atoms with Gasteiger partial charge in [-0.15, -0.1) is 0 Å². The zero-order valence-electron chi connectivity index (χ0n) is 15.8. The van der Waals surface area contributed by atoms with E-state index in [2.05, 4.69) is 5.32 Å². The maximum absolute atomic E-state index is 12.6. The van der Waals surface area contributed by atoms with Crippen LogP contribution in [0.5, 0.6) is 5.75 Å². The highest BCUT2D eigenvalue weighted by Gasteiger charge is 2.36. The topological polar surface area (TPSA) is 75.7 Å². The summed E-state index contributed by atoms with van der Waals surface area (Å²) in [4.78, 5) is 38.3. The molecule has 2 aromatic carbocycles. The third-order valence-corrected chi connectivity index (χ3v) is 5.26. The van der Waals surface area contributed by atoms with Crippen molar-refractivity contribution in [2.45, 2.75) is 13.8 Å². The van der Waals surface area contributed by atoms with E-state index in [4.69, 9.17) is 4.74 Å². The van der Waals surface area contributed by atoms with E-state index in [9.17, 15) is 14.4 Å². The average Bonchev–Trinajstić information content (AvgIpc) is 2.92. The van der Waals surface area contributed by atoms with Crippen molar-refractivity contribution in [3.8, 4) is 5.75 Å². The molecule has 1 aliphatic heterocycles. The molecule has 6 nitrogen and oxygen atoms in total. The minimum atomic E-state index is -0.479. The number of nitrogens with zero attached hydrogens (tertiary/aromatic N) is 1. The summed E-state index contributed by atoms with van der Waals surface area (Å²) in [5.41, 5.74) is 3.54. The van der Waals surface area contributed by atoms with Crippen LogP contribution in [0.1, 0.15) is 16.7 Å². The van der Waals surface area contributed by atoms with E-state index < -0.39 is 17.1 Å². The number of anilines is 1. The van der Waals surface area contributed by atoms with Crippen LogP contribution in [0.3, 0.4) is 0 Å². The summed E-state index contributed by atoms with van der Waals surface area (Å²) in [6.07, 6.45) is 1.62. The lowest BCUT2D eigenvalue weighted by Crippen LogP contribution is -2.36. The van der Waals surface area contributed by atoms with E-state index in [1.807, 2.05) is 32.0 Å². The predicted octanol–water partition coefficient (Wildman–Crippen LogP) is 3.99. The molecule has 1 aliphatic rings. The number of thioether (sulfide) groups is 1. The van der Waals surface area contributed by atoms with Crippen molar-refractivity contribution in [3.63, 3.8) is 0 Å². The van der Waals surface area contributed by atoms with Crippen LogP contribution in [0.4, 0.5) is 10.5 Å². The van der Waals surface area contributed by atoms with Crippen molar-refractivity contribution in [2.75, 3.05) is 19.0 Å². The van der Waals surface area contributed by atoms with E-state index >= 15 is 0 Å². The van der Waals surface area contributed by atoms with E-state index in [-0.39, 0.29) is 11.4 Å². The third-order valence-electron chi connectivity index (χ3n) is 4.36. The minimum absolute atomic E-state index is 0.275. The first-order chi connectivity index (χ1) is 13.4. The van der Waals surface area contributed by atoms with Gasteiger partial charge in [-0.1, -0.05) is 18.2 Å². The molecule has 1 heterocycles. The van der Waals surface area contributed by atoms with Crippen LogP contribution in [0, 0.1) is 13.8 Å². The van der Waals surface area contributed by atoms with Gasteiger partial charge in [-0.05, 0) is 72.6 Å². The van der Waals surface area contributed by atoms with Crippen molar-refractivity contribution in [1.82, 2.24) is 4.90 Å². The van der Waals surface area contributed by atoms with Crippen LogP contribution in [0.15, 0.2) is 47.4 Å². The minimum Gasteiger partial charge on any atom is -0.497 e. The molecule has 28 heavy (non-hydrogen) atoms. The summed E-state index contributed by atoms with van der Waals surface area (Å²) >= 11 is 0.821. The fourth-order valence-electron chi connectivity index (χ4n) is 2.68. The highest BCUT2D eigenvalue weighted by molar-refractivity contribution is 8.18. The van der Waals surface area contributed by atoms with Gasteiger partial charge in [0, 0.05) is 5.69 Å². The van der Waals surface area contributed by atoms with E-state index in [1.165, 1.54) is 0 Å². The Morgan fingerprint density at radius 3 is 2.64 bits per heavy atom. The second-order valence-electron chi connectivity index (χ2n) is 6.39. The molecule has 0 radical (unpaired) electrons. The summed E-state index contributed by atoms with van der Waals surface area (Å²) in [5.74, 6) is -0.248. The number of methoxy groups -OCH3 is 1. The Hall–Kier alpha value is -3.06. The number of ether oxygens (including phenoxy) is 1. The van der Waals surface area contributed by atoms with Gasteiger partial charge in [-0.2, -0.15) is 0 Å². The Bertz CT molecular complexity index is 984. The van der Waals surface area contributed by atoms with Gasteiger partial charge >= 0.3 is 0 Å². The van der Waals surface area contributed by atoms with E-state index in [1.54, 1.807) is 37.5 Å². The Balaban J connectivity index is 1.70. The Labute approximate surface area is 167 Å². The monoisotopic (exact) mass is 396 g/mol. The molecule has 1 saturated heterocycles. The number of imide groups is 1. The molecule has 7 heteroatoms. The molecule has 3 rings (SSSR count). The van der Waals surface area contributed by atoms with Gasteiger partial charge in [0.15, 0.2) is 0 Å². The fraction of sp³-hybridized carbons (Fsp3) is 0.190. The lowest BCUT2D eigenvalue weighted by Gasteiger charge is -2.13. The Morgan fingerprint density at radius 2 is 1.93 bits per heavy atom. The van der Waals surface area contributed by atoms with Gasteiger partial charge in [0.1, 0.15) is 12.3 Å². The smallest absolute Gasteiger partial charge is 0.294 e. The van der Waals surface area contributed by atoms with Crippen LogP contribution < -0.4 is 10.1 Å². The summed E-state index contributed by atoms with van der Waals surface area (Å²) in [5, 5.41) is 2.26. The number of amides is 3. The summed E-state index contributed by atoms with van der Waals surface area (Å²) in [6.45, 7) is 3.60. The molecule has 0 saturated carbocycles. The molecule has 1 N–H and O–H groups in total. The van der Waals surface area contributed by atoms with Gasteiger partial charge in [0.05, 0.1) is 12.0 Å². The van der Waals surface area contributed by atoms with Crippen LogP contribution in [0.2, 0.25) is 0 Å². The maximum atomic E-state index is 12.6. The van der Waals surface area contributed by atoms with Crippen molar-refractivity contribution in [3.05, 3.63) is 64.1 Å². The lowest BCUT2D eigenvalue weighted by molar-refractivity contribution is -0.127. The fourth-order valence-corrected chi connectivity index (χ4v) is 3.52. The average molecular weight is 396 g/mol. The Kier molecular flexibility index (Phi) is 5.84. The molecule has 0 aromatic heterocycles. The normalized spacial score (nSPS) is 15.2. The molecule has 2 aromatic rings. The number of hydrogen-bond donors (Lipinski definition) is 1. The number of nitrogens with one attached hydrogen (secondary N) is 1. The first kappa shape index (κ1) is 19.7. The Morgan fingerprint density at radius 1 is 1.14 bits per heavy atom. The van der Waals surface area contributed by atoms with Crippen molar-refractivity contribution in [2.24, 2.45) is 0 Å². The molecular weight excluding hydrogens is 376 g/mol. The largest absolute Gasteiger partial charge is 0.497 e. The first-order valence-corrected chi connectivity index (χ1v) is 9.45. The molecule has 0 aliphatic carbocycles. The number of aryl methyl sites for hydroxylation is 2. The molecule has 0 unspecified atom stereocenters. The van der Waals surface area contributed by atoms with E-state index in [0.717, 1.165) is 33.4 Å². The van der Waals surface area contributed by atoms with Gasteiger partial charge in [-0.25, -0.2) is 0 Å². The van der Waals surface area contributed by atoms with Crippen LogP contribution in [-0.4, -0.2) is 35.6 Å². The number of benzene rings is 2. The van der Waals surface area contributed by atoms with Crippen molar-refractivity contribution < 1.29 is 19.1 Å². The summed E-state index contributed by atoms with van der Waals surface area (Å²) in [7, 11) is 1.56. The van der Waals surface area contributed by atoms with Crippen molar-refractivity contribution in [1.29, 1.82) is 0 Å². The summed E-state index contributed by atoms with van der Waals surface area (Å²) < 4.78 is 5.16. The first-order valence-electron chi connectivity index (χ1n) is 8.64. The third kappa shape index (κ3) is 4.43. The molecule has 0 atom stereocenters. The van der Waals surface area contributed by atoms with Gasteiger partial charge in [0.25, 0.3) is 11.1 Å². The SMILES string of the molecule is COc1cccc(/C=C2/SC(=O)N(CC(=O)Nc3ccc(C)c(C)c3)C2=O)c1. The van der Waals surface area contributed by atoms with Crippen LogP contribution in [-0.2, 0) is 9.59 Å². The van der Waals surface area contributed by atoms with E-state index in [0.29, 0.717) is 11.4 Å². The second kappa shape index (κ2) is 8.31. The molecule has 1 fully saturated rings. The zero-order chi connectivity index (χ0) is 20.3. The highest BCUT2D eigenvalue weighted by atomic mass is 32.2. The molecule has 0 spiro atoms. The highest BCUT2D eigenvalue weighted by Crippen LogP contribution is 2.32.